The summed E-state index contributed by atoms with van der Waals surface area (Å²) in [6, 6.07) is 0. The largest absolute Gasteiger partial charge is 0.359 e. The first-order valence-electron chi connectivity index (χ1n) is 5.45. The number of carbonyl (C=O) groups excluding carboxylic acids is 1. The lowest BCUT2D eigenvalue weighted by Crippen LogP contribution is -2.37. The second-order valence-electron chi connectivity index (χ2n) is 3.84. The number of carbonyl (C=O) groups is 1. The Hall–Kier alpha value is -0.610. The highest BCUT2D eigenvalue weighted by atomic mass is 16.1. The van der Waals surface area contributed by atoms with Crippen molar-refractivity contribution in [1.29, 1.82) is 0 Å². The van der Waals surface area contributed by atoms with E-state index < -0.39 is 0 Å². The predicted octanol–water partition coefficient (Wildman–Crippen LogP) is -0.288. The Morgan fingerprint density at radius 3 is 3.07 bits per heavy atom. The van der Waals surface area contributed by atoms with Crippen molar-refractivity contribution >= 4 is 5.91 Å². The van der Waals surface area contributed by atoms with Crippen LogP contribution in [0, 0.1) is 5.92 Å². The third kappa shape index (κ3) is 4.58. The SMILES string of the molecule is CNC(=O)CCNCC1CCCNC1. The summed E-state index contributed by atoms with van der Waals surface area (Å²) in [5, 5.41) is 9.31. The highest BCUT2D eigenvalue weighted by molar-refractivity contribution is 5.75. The molecule has 1 saturated heterocycles. The lowest BCUT2D eigenvalue weighted by atomic mass is 10.00. The first-order chi connectivity index (χ1) is 6.83. The van der Waals surface area contributed by atoms with Gasteiger partial charge in [-0.05, 0) is 38.4 Å². The van der Waals surface area contributed by atoms with Crippen molar-refractivity contribution < 1.29 is 4.79 Å². The highest BCUT2D eigenvalue weighted by Crippen LogP contribution is 2.07. The first-order valence-corrected chi connectivity index (χ1v) is 5.45. The van der Waals surface area contributed by atoms with Gasteiger partial charge in [-0.25, -0.2) is 0 Å². The van der Waals surface area contributed by atoms with Crippen molar-refractivity contribution in [3.05, 3.63) is 0 Å². The Morgan fingerprint density at radius 2 is 2.43 bits per heavy atom. The molecule has 1 heterocycles. The lowest BCUT2D eigenvalue weighted by molar-refractivity contribution is -0.120. The summed E-state index contributed by atoms with van der Waals surface area (Å²) < 4.78 is 0. The molecule has 3 N–H and O–H groups in total. The quantitative estimate of drug-likeness (QED) is 0.533. The molecule has 1 atom stereocenters. The van der Waals surface area contributed by atoms with Crippen LogP contribution in [0.1, 0.15) is 19.3 Å². The zero-order valence-corrected chi connectivity index (χ0v) is 8.94. The van der Waals surface area contributed by atoms with Gasteiger partial charge >= 0.3 is 0 Å². The van der Waals surface area contributed by atoms with Crippen LogP contribution < -0.4 is 16.0 Å². The number of nitrogens with one attached hydrogen (secondary N) is 3. The number of hydrogen-bond acceptors (Lipinski definition) is 3. The smallest absolute Gasteiger partial charge is 0.221 e. The van der Waals surface area contributed by atoms with Crippen molar-refractivity contribution in [1.82, 2.24) is 16.0 Å². The van der Waals surface area contributed by atoms with Crippen molar-refractivity contribution in [2.75, 3.05) is 33.2 Å². The summed E-state index contributed by atoms with van der Waals surface area (Å²) in [6.07, 6.45) is 3.17. The molecule has 0 spiro atoms. The third-order valence-electron chi connectivity index (χ3n) is 2.64. The van der Waals surface area contributed by atoms with Gasteiger partial charge in [-0.1, -0.05) is 0 Å². The molecular formula is C10H21N3O. The van der Waals surface area contributed by atoms with Gasteiger partial charge in [-0.3, -0.25) is 4.79 Å². The molecule has 4 nitrogen and oxygen atoms in total. The Bertz CT molecular complexity index is 167. The minimum absolute atomic E-state index is 0.110. The fourth-order valence-corrected chi connectivity index (χ4v) is 1.73. The molecule has 0 aromatic heterocycles. The minimum atomic E-state index is 0.110. The van der Waals surface area contributed by atoms with Crippen LogP contribution in [0.15, 0.2) is 0 Å². The van der Waals surface area contributed by atoms with E-state index in [-0.39, 0.29) is 5.91 Å². The van der Waals surface area contributed by atoms with Gasteiger partial charge in [0.15, 0.2) is 0 Å². The van der Waals surface area contributed by atoms with Gasteiger partial charge in [0.05, 0.1) is 0 Å². The summed E-state index contributed by atoms with van der Waals surface area (Å²) in [7, 11) is 1.67. The Kier molecular flexibility index (Phi) is 5.56. The Labute approximate surface area is 85.8 Å². The van der Waals surface area contributed by atoms with Crippen LogP contribution >= 0.6 is 0 Å². The van der Waals surface area contributed by atoms with Gasteiger partial charge in [-0.15, -0.1) is 0 Å². The van der Waals surface area contributed by atoms with Crippen molar-refractivity contribution in [2.24, 2.45) is 5.92 Å². The van der Waals surface area contributed by atoms with Gasteiger partial charge in [0.1, 0.15) is 0 Å². The van der Waals surface area contributed by atoms with Gasteiger partial charge in [-0.2, -0.15) is 0 Å². The summed E-state index contributed by atoms with van der Waals surface area (Å²) in [6.45, 7) is 4.10. The van der Waals surface area contributed by atoms with E-state index in [0.717, 1.165) is 32.1 Å². The maximum atomic E-state index is 10.9. The van der Waals surface area contributed by atoms with Crippen molar-refractivity contribution in [3.63, 3.8) is 0 Å². The van der Waals surface area contributed by atoms with Crippen LogP contribution in [0.4, 0.5) is 0 Å². The van der Waals surface area contributed by atoms with Gasteiger partial charge in [0, 0.05) is 20.0 Å². The lowest BCUT2D eigenvalue weighted by Gasteiger charge is -2.22. The zero-order valence-electron chi connectivity index (χ0n) is 8.94. The van der Waals surface area contributed by atoms with Crippen molar-refractivity contribution in [2.45, 2.75) is 19.3 Å². The Morgan fingerprint density at radius 1 is 1.57 bits per heavy atom. The first kappa shape index (κ1) is 11.5. The standard InChI is InChI=1S/C10H21N3O/c1-11-10(14)4-6-13-8-9-3-2-5-12-7-9/h9,12-13H,2-8H2,1H3,(H,11,14). The van der Waals surface area contributed by atoms with E-state index in [4.69, 9.17) is 0 Å². The average molecular weight is 199 g/mol. The molecule has 14 heavy (non-hydrogen) atoms. The van der Waals surface area contributed by atoms with Crippen LogP contribution in [-0.2, 0) is 4.79 Å². The molecule has 0 aliphatic carbocycles. The third-order valence-corrected chi connectivity index (χ3v) is 2.64. The van der Waals surface area contributed by atoms with E-state index >= 15 is 0 Å². The van der Waals surface area contributed by atoms with Gasteiger partial charge in [0.25, 0.3) is 0 Å². The molecule has 1 aliphatic heterocycles. The maximum Gasteiger partial charge on any atom is 0.221 e. The molecule has 0 aromatic carbocycles. The van der Waals surface area contributed by atoms with Crippen LogP contribution in [-0.4, -0.2) is 39.1 Å². The van der Waals surface area contributed by atoms with E-state index in [9.17, 15) is 4.79 Å². The average Bonchev–Trinajstić information content (AvgIpc) is 2.25. The Balaban J connectivity index is 1.94. The van der Waals surface area contributed by atoms with E-state index in [1.165, 1.54) is 12.8 Å². The molecule has 1 fully saturated rings. The summed E-state index contributed by atoms with van der Waals surface area (Å²) in [4.78, 5) is 10.9. The molecule has 4 heteroatoms. The maximum absolute atomic E-state index is 10.9. The second-order valence-corrected chi connectivity index (χ2v) is 3.84. The van der Waals surface area contributed by atoms with Crippen LogP contribution in [0.2, 0.25) is 0 Å². The zero-order chi connectivity index (χ0) is 10.2. The fraction of sp³-hybridized carbons (Fsp3) is 0.900. The molecule has 1 rings (SSSR count). The molecule has 0 saturated carbocycles. The highest BCUT2D eigenvalue weighted by Gasteiger charge is 2.11. The number of piperidine rings is 1. The predicted molar refractivity (Wildman–Crippen MR) is 57.1 cm³/mol. The van der Waals surface area contributed by atoms with Crippen LogP contribution in [0.25, 0.3) is 0 Å². The van der Waals surface area contributed by atoms with E-state index in [0.29, 0.717) is 6.42 Å². The second kappa shape index (κ2) is 6.79. The van der Waals surface area contributed by atoms with Gasteiger partial charge in [0.2, 0.25) is 5.91 Å². The molecular weight excluding hydrogens is 178 g/mol. The monoisotopic (exact) mass is 199 g/mol. The molecule has 0 radical (unpaired) electrons. The van der Waals surface area contributed by atoms with Crippen LogP contribution in [0.5, 0.6) is 0 Å². The molecule has 0 aromatic rings. The molecule has 1 amide bonds. The molecule has 1 aliphatic rings. The van der Waals surface area contributed by atoms with E-state index in [1.807, 2.05) is 0 Å². The summed E-state index contributed by atoms with van der Waals surface area (Å²) in [5.74, 6) is 0.854. The van der Waals surface area contributed by atoms with E-state index in [1.54, 1.807) is 7.05 Å². The summed E-state index contributed by atoms with van der Waals surface area (Å²) in [5.41, 5.74) is 0. The molecule has 82 valence electrons. The molecule has 1 unspecified atom stereocenters. The fourth-order valence-electron chi connectivity index (χ4n) is 1.73. The van der Waals surface area contributed by atoms with E-state index in [2.05, 4.69) is 16.0 Å². The number of rotatable bonds is 5. The van der Waals surface area contributed by atoms with Crippen molar-refractivity contribution in [3.8, 4) is 0 Å². The summed E-state index contributed by atoms with van der Waals surface area (Å²) >= 11 is 0. The molecule has 0 bridgehead atoms. The van der Waals surface area contributed by atoms with Gasteiger partial charge < -0.3 is 16.0 Å². The van der Waals surface area contributed by atoms with Crippen LogP contribution in [0.3, 0.4) is 0 Å². The normalized spacial score (nSPS) is 21.9. The minimum Gasteiger partial charge on any atom is -0.359 e. The number of amides is 1. The number of hydrogen-bond donors (Lipinski definition) is 3. The topological polar surface area (TPSA) is 53.2 Å².